The van der Waals surface area contributed by atoms with Crippen molar-refractivity contribution in [3.05, 3.63) is 46.7 Å². The van der Waals surface area contributed by atoms with Crippen molar-refractivity contribution in [1.82, 2.24) is 9.88 Å². The number of sulfone groups is 1. The standard InChI is InChI=1S/C19H23ClN2O4S/c1-26-17-6-5-13(8-16(17)23)11-22-7-3-4-14(12-22)19-18(27(2,24)25)9-15(20)10-21-19/h5-6,8-10,14,23H,3-4,7,11-12H2,1-2H3. The van der Waals surface area contributed by atoms with Crippen molar-refractivity contribution in [2.24, 2.45) is 0 Å². The Morgan fingerprint density at radius 2 is 2.15 bits per heavy atom. The molecule has 1 aliphatic rings. The number of pyridine rings is 1. The van der Waals surface area contributed by atoms with E-state index in [4.69, 9.17) is 16.3 Å². The second kappa shape index (κ2) is 8.04. The van der Waals surface area contributed by atoms with Gasteiger partial charge in [0.15, 0.2) is 21.3 Å². The lowest BCUT2D eigenvalue weighted by Crippen LogP contribution is -2.34. The fraction of sp³-hybridized carbons (Fsp3) is 0.421. The van der Waals surface area contributed by atoms with Crippen LogP contribution in [-0.4, -0.2) is 49.9 Å². The molecule has 0 bridgehead atoms. The van der Waals surface area contributed by atoms with Crippen LogP contribution >= 0.6 is 11.6 Å². The highest BCUT2D eigenvalue weighted by Crippen LogP contribution is 2.33. The number of aromatic hydroxyl groups is 1. The van der Waals surface area contributed by atoms with Gasteiger partial charge in [-0.3, -0.25) is 9.88 Å². The van der Waals surface area contributed by atoms with E-state index in [0.29, 0.717) is 29.6 Å². The van der Waals surface area contributed by atoms with Crippen molar-refractivity contribution in [1.29, 1.82) is 0 Å². The fourth-order valence-corrected chi connectivity index (χ4v) is 4.71. The van der Waals surface area contributed by atoms with Gasteiger partial charge < -0.3 is 9.84 Å². The molecule has 1 saturated heterocycles. The maximum Gasteiger partial charge on any atom is 0.177 e. The summed E-state index contributed by atoms with van der Waals surface area (Å²) < 4.78 is 29.4. The minimum Gasteiger partial charge on any atom is -0.504 e. The molecule has 1 fully saturated rings. The summed E-state index contributed by atoms with van der Waals surface area (Å²) in [5.41, 5.74) is 1.56. The number of benzene rings is 1. The molecule has 27 heavy (non-hydrogen) atoms. The van der Waals surface area contributed by atoms with Gasteiger partial charge >= 0.3 is 0 Å². The number of phenols is 1. The molecule has 8 heteroatoms. The molecule has 0 radical (unpaired) electrons. The van der Waals surface area contributed by atoms with E-state index in [9.17, 15) is 13.5 Å². The smallest absolute Gasteiger partial charge is 0.177 e. The van der Waals surface area contributed by atoms with Gasteiger partial charge in [-0.15, -0.1) is 0 Å². The van der Waals surface area contributed by atoms with Gasteiger partial charge in [-0.2, -0.15) is 0 Å². The largest absolute Gasteiger partial charge is 0.504 e. The number of hydrogen-bond acceptors (Lipinski definition) is 6. The molecule has 1 atom stereocenters. The minimum absolute atomic E-state index is 0.0209. The fourth-order valence-electron chi connectivity index (χ4n) is 3.55. The molecule has 0 amide bonds. The number of aromatic nitrogens is 1. The third kappa shape index (κ3) is 4.72. The van der Waals surface area contributed by atoms with Gasteiger partial charge in [0.05, 0.1) is 22.7 Å². The Labute approximate surface area is 164 Å². The summed E-state index contributed by atoms with van der Waals surface area (Å²) in [7, 11) is -1.89. The number of piperidine rings is 1. The van der Waals surface area contributed by atoms with Crippen LogP contribution in [0.25, 0.3) is 0 Å². The number of ether oxygens (including phenoxy) is 1. The zero-order valence-electron chi connectivity index (χ0n) is 15.4. The van der Waals surface area contributed by atoms with Gasteiger partial charge in [-0.1, -0.05) is 17.7 Å². The second-order valence-corrected chi connectivity index (χ2v) is 9.31. The summed E-state index contributed by atoms with van der Waals surface area (Å²) >= 11 is 5.97. The number of halogens is 1. The molecule has 0 spiro atoms. The number of likely N-dealkylation sites (tertiary alicyclic amines) is 1. The van der Waals surface area contributed by atoms with Crippen molar-refractivity contribution in [3.8, 4) is 11.5 Å². The van der Waals surface area contributed by atoms with Crippen molar-refractivity contribution in [2.45, 2.75) is 30.2 Å². The highest BCUT2D eigenvalue weighted by atomic mass is 35.5. The monoisotopic (exact) mass is 410 g/mol. The van der Waals surface area contributed by atoms with Gasteiger partial charge in [0.25, 0.3) is 0 Å². The first kappa shape index (κ1) is 19.9. The zero-order valence-corrected chi connectivity index (χ0v) is 16.9. The van der Waals surface area contributed by atoms with Crippen molar-refractivity contribution in [2.75, 3.05) is 26.5 Å². The van der Waals surface area contributed by atoms with Crippen LogP contribution in [0.3, 0.4) is 0 Å². The minimum atomic E-state index is -3.41. The number of phenolic OH excluding ortho intramolecular Hbond substituents is 1. The SMILES string of the molecule is COc1ccc(CN2CCCC(c3ncc(Cl)cc3S(C)(=O)=O)C2)cc1O. The van der Waals surface area contributed by atoms with E-state index in [-0.39, 0.29) is 16.6 Å². The molecule has 1 unspecified atom stereocenters. The molecule has 146 valence electrons. The normalized spacial score (nSPS) is 18.4. The predicted octanol–water partition coefficient (Wildman–Crippen LogP) is 3.23. The first-order chi connectivity index (χ1) is 12.8. The summed E-state index contributed by atoms with van der Waals surface area (Å²) in [5.74, 6) is 0.577. The molecule has 0 aliphatic carbocycles. The Hall–Kier alpha value is -1.83. The van der Waals surface area contributed by atoms with Gasteiger partial charge in [0.1, 0.15) is 0 Å². The number of rotatable bonds is 5. The van der Waals surface area contributed by atoms with E-state index >= 15 is 0 Å². The molecule has 3 rings (SSSR count). The molecular formula is C19H23ClN2O4S. The molecule has 1 aromatic heterocycles. The molecule has 1 aromatic carbocycles. The Morgan fingerprint density at radius 3 is 2.81 bits per heavy atom. The van der Waals surface area contributed by atoms with Crippen LogP contribution in [-0.2, 0) is 16.4 Å². The topological polar surface area (TPSA) is 79.7 Å². The second-order valence-electron chi connectivity index (χ2n) is 6.89. The van der Waals surface area contributed by atoms with Crippen LogP contribution in [0.4, 0.5) is 0 Å². The zero-order chi connectivity index (χ0) is 19.6. The lowest BCUT2D eigenvalue weighted by molar-refractivity contribution is 0.197. The van der Waals surface area contributed by atoms with E-state index in [1.807, 2.05) is 6.07 Å². The quantitative estimate of drug-likeness (QED) is 0.815. The van der Waals surface area contributed by atoms with Crippen LogP contribution in [0.15, 0.2) is 35.4 Å². The van der Waals surface area contributed by atoms with Crippen molar-refractivity contribution in [3.63, 3.8) is 0 Å². The molecule has 2 heterocycles. The van der Waals surface area contributed by atoms with Crippen molar-refractivity contribution < 1.29 is 18.3 Å². The third-order valence-corrected chi connectivity index (χ3v) is 6.12. The maximum atomic E-state index is 12.2. The maximum absolute atomic E-state index is 12.2. The summed E-state index contributed by atoms with van der Waals surface area (Å²) in [4.78, 5) is 6.81. The molecule has 1 aliphatic heterocycles. The van der Waals surface area contributed by atoms with E-state index < -0.39 is 9.84 Å². The number of hydrogen-bond donors (Lipinski definition) is 1. The molecule has 2 aromatic rings. The number of methoxy groups -OCH3 is 1. The van der Waals surface area contributed by atoms with Gasteiger partial charge in [-0.05, 0) is 43.1 Å². The van der Waals surface area contributed by atoms with E-state index in [1.54, 1.807) is 12.1 Å². The average Bonchev–Trinajstić information content (AvgIpc) is 2.61. The Balaban J connectivity index is 1.80. The van der Waals surface area contributed by atoms with Crippen molar-refractivity contribution >= 4 is 21.4 Å². The van der Waals surface area contributed by atoms with Crippen LogP contribution in [0.5, 0.6) is 11.5 Å². The predicted molar refractivity (Wildman–Crippen MR) is 104 cm³/mol. The summed E-state index contributed by atoms with van der Waals surface area (Å²) in [6, 6.07) is 6.85. The Bertz CT molecular complexity index is 933. The Morgan fingerprint density at radius 1 is 1.37 bits per heavy atom. The van der Waals surface area contributed by atoms with Gasteiger partial charge in [0.2, 0.25) is 0 Å². The lowest BCUT2D eigenvalue weighted by Gasteiger charge is -2.33. The molecule has 0 saturated carbocycles. The lowest BCUT2D eigenvalue weighted by atomic mass is 9.94. The van der Waals surface area contributed by atoms with E-state index in [0.717, 1.165) is 24.9 Å². The van der Waals surface area contributed by atoms with Crippen LogP contribution in [0, 0.1) is 0 Å². The summed E-state index contributed by atoms with van der Waals surface area (Å²) in [5, 5.41) is 10.3. The summed E-state index contributed by atoms with van der Waals surface area (Å²) in [6.45, 7) is 2.27. The molecule has 1 N–H and O–H groups in total. The first-order valence-corrected chi connectivity index (χ1v) is 11.0. The highest BCUT2D eigenvalue weighted by molar-refractivity contribution is 7.90. The highest BCUT2D eigenvalue weighted by Gasteiger charge is 2.27. The summed E-state index contributed by atoms with van der Waals surface area (Å²) in [6.07, 6.45) is 4.51. The molecule has 6 nitrogen and oxygen atoms in total. The third-order valence-electron chi connectivity index (χ3n) is 4.79. The first-order valence-electron chi connectivity index (χ1n) is 8.71. The number of nitrogens with zero attached hydrogens (tertiary/aromatic N) is 2. The molecular weight excluding hydrogens is 388 g/mol. The van der Waals surface area contributed by atoms with Gasteiger partial charge in [-0.25, -0.2) is 8.42 Å². The average molecular weight is 411 g/mol. The van der Waals surface area contributed by atoms with Crippen LogP contribution < -0.4 is 4.74 Å². The van der Waals surface area contributed by atoms with Crippen LogP contribution in [0.1, 0.15) is 30.0 Å². The van der Waals surface area contributed by atoms with E-state index in [1.165, 1.54) is 25.6 Å². The van der Waals surface area contributed by atoms with Gasteiger partial charge in [0, 0.05) is 31.5 Å². The van der Waals surface area contributed by atoms with E-state index in [2.05, 4.69) is 9.88 Å². The van der Waals surface area contributed by atoms with Crippen LogP contribution in [0.2, 0.25) is 5.02 Å². The Kier molecular flexibility index (Phi) is 5.93.